The van der Waals surface area contributed by atoms with Gasteiger partial charge < -0.3 is 19.5 Å². The highest BCUT2D eigenvalue weighted by Crippen LogP contribution is 2.25. The molecule has 0 bridgehead atoms. The summed E-state index contributed by atoms with van der Waals surface area (Å²) in [5.41, 5.74) is 1.42. The maximum atomic E-state index is 12.8. The Morgan fingerprint density at radius 1 is 1.34 bits per heavy atom. The first kappa shape index (κ1) is 19.8. The monoisotopic (exact) mass is 416 g/mol. The number of fused-ring (bicyclic) bond motifs is 1. The smallest absolute Gasteiger partial charge is 0.273 e. The molecule has 1 atom stereocenters. The van der Waals surface area contributed by atoms with E-state index in [1.807, 2.05) is 24.3 Å². The maximum absolute atomic E-state index is 12.8. The molecule has 0 aliphatic carbocycles. The predicted molar refractivity (Wildman–Crippen MR) is 112 cm³/mol. The molecule has 1 aliphatic heterocycles. The van der Waals surface area contributed by atoms with Gasteiger partial charge in [0.1, 0.15) is 29.5 Å². The van der Waals surface area contributed by atoms with Crippen molar-refractivity contribution in [1.29, 1.82) is 0 Å². The van der Waals surface area contributed by atoms with Gasteiger partial charge >= 0.3 is 0 Å². The first-order valence-electron chi connectivity index (χ1n) is 9.72. The Hall–Kier alpha value is -2.49. The standard InChI is InChI=1S/C20H24N4O4S/c1-2-14-4-3-5-16(10-14)28-12-15(25)11-24-13-21-18-17(19(24)26)29-20(22-18)23-6-8-27-9-7-23/h3-5,10,13,15,25H,2,6-9,11-12H2,1H3/t15-/m0/s1. The summed E-state index contributed by atoms with van der Waals surface area (Å²) >= 11 is 1.34. The second kappa shape index (κ2) is 8.89. The summed E-state index contributed by atoms with van der Waals surface area (Å²) in [6, 6.07) is 7.77. The Morgan fingerprint density at radius 3 is 2.97 bits per heavy atom. The van der Waals surface area contributed by atoms with Crippen LogP contribution < -0.4 is 15.2 Å². The van der Waals surface area contributed by atoms with Gasteiger partial charge in [0.25, 0.3) is 5.56 Å². The third-order valence-corrected chi connectivity index (χ3v) is 5.90. The molecule has 0 spiro atoms. The number of aromatic nitrogens is 3. The quantitative estimate of drug-likeness (QED) is 0.627. The third kappa shape index (κ3) is 4.58. The first-order valence-corrected chi connectivity index (χ1v) is 10.5. The molecule has 9 heteroatoms. The SMILES string of the molecule is CCc1cccc(OC[C@@H](O)Cn2cnc3nc(N4CCOCC4)sc3c2=O)c1. The zero-order valence-electron chi connectivity index (χ0n) is 16.3. The third-order valence-electron chi connectivity index (χ3n) is 4.81. The van der Waals surface area contributed by atoms with E-state index in [0.717, 1.165) is 24.6 Å². The van der Waals surface area contributed by atoms with Crippen molar-refractivity contribution in [2.45, 2.75) is 26.0 Å². The molecular weight excluding hydrogens is 392 g/mol. The minimum atomic E-state index is -0.830. The van der Waals surface area contributed by atoms with Crippen molar-refractivity contribution in [2.24, 2.45) is 0 Å². The molecule has 29 heavy (non-hydrogen) atoms. The van der Waals surface area contributed by atoms with E-state index in [-0.39, 0.29) is 18.7 Å². The second-order valence-electron chi connectivity index (χ2n) is 6.92. The molecule has 8 nitrogen and oxygen atoms in total. The maximum Gasteiger partial charge on any atom is 0.273 e. The fourth-order valence-corrected chi connectivity index (χ4v) is 4.20. The topological polar surface area (TPSA) is 89.7 Å². The second-order valence-corrected chi connectivity index (χ2v) is 7.89. The van der Waals surface area contributed by atoms with Gasteiger partial charge in [0, 0.05) is 13.1 Å². The highest BCUT2D eigenvalue weighted by molar-refractivity contribution is 7.22. The van der Waals surface area contributed by atoms with Crippen LogP contribution in [0.15, 0.2) is 35.4 Å². The highest BCUT2D eigenvalue weighted by Gasteiger charge is 2.18. The van der Waals surface area contributed by atoms with E-state index in [9.17, 15) is 9.90 Å². The van der Waals surface area contributed by atoms with Crippen molar-refractivity contribution >= 4 is 26.8 Å². The predicted octanol–water partition coefficient (Wildman–Crippen LogP) is 1.69. The van der Waals surface area contributed by atoms with Crippen molar-refractivity contribution in [3.63, 3.8) is 0 Å². The first-order chi connectivity index (χ1) is 14.1. The normalized spacial score (nSPS) is 15.6. The van der Waals surface area contributed by atoms with Crippen molar-refractivity contribution in [3.05, 3.63) is 46.5 Å². The number of anilines is 1. The van der Waals surface area contributed by atoms with Crippen LogP contribution in [0.3, 0.4) is 0 Å². The Kier molecular flexibility index (Phi) is 6.08. The Morgan fingerprint density at radius 2 is 2.17 bits per heavy atom. The van der Waals surface area contributed by atoms with Crippen molar-refractivity contribution < 1.29 is 14.6 Å². The van der Waals surface area contributed by atoms with Crippen LogP contribution in [0.2, 0.25) is 0 Å². The van der Waals surface area contributed by atoms with Gasteiger partial charge in [0.15, 0.2) is 10.8 Å². The van der Waals surface area contributed by atoms with Crippen LogP contribution in [0.1, 0.15) is 12.5 Å². The minimum absolute atomic E-state index is 0.0966. The average Bonchev–Trinajstić information content (AvgIpc) is 3.20. The van der Waals surface area contributed by atoms with Crippen LogP contribution in [0.5, 0.6) is 5.75 Å². The lowest BCUT2D eigenvalue weighted by molar-refractivity contribution is 0.0914. The lowest BCUT2D eigenvalue weighted by Crippen LogP contribution is -2.36. The van der Waals surface area contributed by atoms with E-state index < -0.39 is 6.10 Å². The van der Waals surface area contributed by atoms with Gasteiger partial charge in [0.05, 0.1) is 19.8 Å². The number of hydrogen-bond acceptors (Lipinski definition) is 8. The molecule has 1 aliphatic rings. The van der Waals surface area contributed by atoms with Crippen molar-refractivity contribution in [1.82, 2.24) is 14.5 Å². The van der Waals surface area contributed by atoms with E-state index in [4.69, 9.17) is 9.47 Å². The summed E-state index contributed by atoms with van der Waals surface area (Å²) in [4.78, 5) is 23.7. The van der Waals surface area contributed by atoms with E-state index in [2.05, 4.69) is 21.8 Å². The van der Waals surface area contributed by atoms with Crippen LogP contribution in [-0.2, 0) is 17.7 Å². The summed E-state index contributed by atoms with van der Waals surface area (Å²) in [6.45, 7) is 5.10. The number of morpholine rings is 1. The van der Waals surface area contributed by atoms with Crippen molar-refractivity contribution in [3.8, 4) is 5.75 Å². The number of benzene rings is 1. The molecule has 0 amide bonds. The van der Waals surface area contributed by atoms with Crippen LogP contribution in [-0.4, -0.2) is 58.7 Å². The molecule has 0 radical (unpaired) electrons. The summed E-state index contributed by atoms with van der Waals surface area (Å²) in [6.07, 6.45) is 1.53. The van der Waals surface area contributed by atoms with Gasteiger partial charge in [-0.05, 0) is 24.1 Å². The summed E-state index contributed by atoms with van der Waals surface area (Å²) in [5, 5.41) is 11.1. The highest BCUT2D eigenvalue weighted by atomic mass is 32.1. The average molecular weight is 417 g/mol. The molecule has 3 heterocycles. The lowest BCUT2D eigenvalue weighted by Gasteiger charge is -2.25. The molecule has 1 saturated heterocycles. The number of aliphatic hydroxyl groups is 1. The molecule has 1 fully saturated rings. The summed E-state index contributed by atoms with van der Waals surface area (Å²) in [7, 11) is 0. The minimum Gasteiger partial charge on any atom is -0.491 e. The Labute approximate surface area is 172 Å². The number of aliphatic hydroxyl groups excluding tert-OH is 1. The van der Waals surface area contributed by atoms with E-state index in [0.29, 0.717) is 29.3 Å². The van der Waals surface area contributed by atoms with Gasteiger partial charge in [-0.15, -0.1) is 0 Å². The number of aryl methyl sites for hydroxylation is 1. The fraction of sp³-hybridized carbons (Fsp3) is 0.450. The van der Waals surface area contributed by atoms with Crippen LogP contribution >= 0.6 is 11.3 Å². The van der Waals surface area contributed by atoms with Gasteiger partial charge in [-0.1, -0.05) is 30.4 Å². The lowest BCUT2D eigenvalue weighted by atomic mass is 10.2. The number of hydrogen-bond donors (Lipinski definition) is 1. The summed E-state index contributed by atoms with van der Waals surface area (Å²) < 4.78 is 13.0. The van der Waals surface area contributed by atoms with Crippen LogP contribution in [0, 0.1) is 0 Å². The van der Waals surface area contributed by atoms with E-state index in [1.54, 1.807) is 0 Å². The zero-order valence-corrected chi connectivity index (χ0v) is 17.1. The molecule has 4 rings (SSSR count). The number of ether oxygens (including phenoxy) is 2. The number of thiazole rings is 1. The number of rotatable bonds is 7. The Bertz CT molecular complexity index is 1030. The molecule has 1 aromatic carbocycles. The molecule has 2 aromatic heterocycles. The van der Waals surface area contributed by atoms with Gasteiger partial charge in [-0.3, -0.25) is 9.36 Å². The van der Waals surface area contributed by atoms with E-state index in [1.165, 1.54) is 27.8 Å². The summed E-state index contributed by atoms with van der Waals surface area (Å²) in [5.74, 6) is 0.710. The van der Waals surface area contributed by atoms with Crippen LogP contribution in [0.4, 0.5) is 5.13 Å². The Balaban J connectivity index is 1.44. The van der Waals surface area contributed by atoms with Gasteiger partial charge in [-0.25, -0.2) is 4.98 Å². The van der Waals surface area contributed by atoms with Crippen LogP contribution in [0.25, 0.3) is 10.3 Å². The largest absolute Gasteiger partial charge is 0.491 e. The fourth-order valence-electron chi connectivity index (χ4n) is 3.18. The molecule has 0 saturated carbocycles. The molecular formula is C20H24N4O4S. The molecule has 1 N–H and O–H groups in total. The molecule has 154 valence electrons. The molecule has 0 unspecified atom stereocenters. The van der Waals surface area contributed by atoms with Crippen molar-refractivity contribution in [2.75, 3.05) is 37.8 Å². The molecule has 3 aromatic rings. The van der Waals surface area contributed by atoms with E-state index >= 15 is 0 Å². The number of nitrogens with zero attached hydrogens (tertiary/aromatic N) is 4. The van der Waals surface area contributed by atoms with Gasteiger partial charge in [0.2, 0.25) is 0 Å². The van der Waals surface area contributed by atoms with Gasteiger partial charge in [-0.2, -0.15) is 4.98 Å². The zero-order chi connectivity index (χ0) is 20.2.